The number of ether oxygens (including phenoxy) is 1. The van der Waals surface area contributed by atoms with Crippen molar-refractivity contribution in [3.05, 3.63) is 47.8 Å². The van der Waals surface area contributed by atoms with Crippen molar-refractivity contribution in [2.24, 2.45) is 4.99 Å². The maximum absolute atomic E-state index is 5.30. The molecule has 0 amide bonds. The summed E-state index contributed by atoms with van der Waals surface area (Å²) in [7, 11) is 3.76. The minimum atomic E-state index is 0.276. The number of aliphatic imine (C=N–C) groups is 1. The summed E-state index contributed by atoms with van der Waals surface area (Å²) in [4.78, 5) is 6.78. The lowest BCUT2D eigenvalue weighted by molar-refractivity contribution is 0.411. The fraction of sp³-hybridized carbons (Fsp3) is 0.421. The number of hydrogen-bond donors (Lipinski definition) is 0. The first-order valence-electron chi connectivity index (χ1n) is 7.61. The quantitative estimate of drug-likeness (QED) is 0.713. The zero-order chi connectivity index (χ0) is 16.7. The van der Waals surface area contributed by atoms with Gasteiger partial charge in [-0.3, -0.25) is 4.99 Å². The van der Waals surface area contributed by atoms with E-state index in [0.717, 1.165) is 22.6 Å². The molecule has 22 heavy (non-hydrogen) atoms. The smallest absolute Gasteiger partial charge is 0.121 e. The molecule has 0 aromatic heterocycles. The van der Waals surface area contributed by atoms with Crippen LogP contribution in [0.4, 0.5) is 0 Å². The van der Waals surface area contributed by atoms with Crippen molar-refractivity contribution in [3.8, 4) is 5.75 Å². The molecule has 0 saturated heterocycles. The van der Waals surface area contributed by atoms with Crippen molar-refractivity contribution < 1.29 is 4.74 Å². The minimum absolute atomic E-state index is 0.276. The topological polar surface area (TPSA) is 24.8 Å². The molecular formula is C19H28N2O. The van der Waals surface area contributed by atoms with Crippen LogP contribution in [-0.2, 0) is 0 Å². The van der Waals surface area contributed by atoms with Crippen LogP contribution in [0.15, 0.2) is 41.7 Å². The van der Waals surface area contributed by atoms with E-state index in [-0.39, 0.29) is 6.04 Å². The fourth-order valence-corrected chi connectivity index (χ4v) is 2.16. The van der Waals surface area contributed by atoms with Crippen LogP contribution in [0, 0.1) is 6.92 Å². The number of aryl methyl sites for hydroxylation is 1. The van der Waals surface area contributed by atoms with E-state index in [0.29, 0.717) is 0 Å². The van der Waals surface area contributed by atoms with Crippen LogP contribution in [0.3, 0.4) is 0 Å². The Labute approximate surface area is 135 Å². The molecule has 0 heterocycles. The number of allylic oxidation sites excluding steroid dienone is 2. The second kappa shape index (κ2) is 8.42. The van der Waals surface area contributed by atoms with E-state index in [1.807, 2.05) is 25.3 Å². The summed E-state index contributed by atoms with van der Waals surface area (Å²) >= 11 is 0. The molecule has 0 aliphatic heterocycles. The predicted molar refractivity (Wildman–Crippen MR) is 96.5 cm³/mol. The molecule has 120 valence electrons. The monoisotopic (exact) mass is 300 g/mol. The van der Waals surface area contributed by atoms with Crippen molar-refractivity contribution >= 4 is 11.3 Å². The molecule has 0 N–H and O–H groups in total. The number of methoxy groups -OCH3 is 1. The molecule has 0 spiro atoms. The van der Waals surface area contributed by atoms with Gasteiger partial charge in [0.15, 0.2) is 0 Å². The summed E-state index contributed by atoms with van der Waals surface area (Å²) in [6.45, 7) is 10.4. The third-order valence-electron chi connectivity index (χ3n) is 3.91. The lowest BCUT2D eigenvalue weighted by Crippen LogP contribution is -2.30. The molecule has 0 saturated carbocycles. The Morgan fingerprint density at radius 1 is 1.32 bits per heavy atom. The van der Waals surface area contributed by atoms with E-state index >= 15 is 0 Å². The highest BCUT2D eigenvalue weighted by atomic mass is 16.5. The van der Waals surface area contributed by atoms with Gasteiger partial charge in [0.05, 0.1) is 13.2 Å². The Morgan fingerprint density at radius 3 is 2.55 bits per heavy atom. The van der Waals surface area contributed by atoms with Crippen molar-refractivity contribution in [3.63, 3.8) is 0 Å². The predicted octanol–water partition coefficient (Wildman–Crippen LogP) is 4.68. The van der Waals surface area contributed by atoms with Crippen LogP contribution in [0.25, 0.3) is 5.57 Å². The normalized spacial score (nSPS) is 14.3. The SMILES string of the molecule is C/C=C\N(C)C(C)C(C)=N/C=C(\C)c1ccc(OC)c(C)c1. The molecule has 0 aliphatic carbocycles. The molecule has 1 rings (SSSR count). The maximum Gasteiger partial charge on any atom is 0.121 e. The first-order chi connectivity index (χ1) is 10.4. The number of benzene rings is 1. The number of rotatable bonds is 6. The highest BCUT2D eigenvalue weighted by Crippen LogP contribution is 2.23. The molecule has 1 aromatic carbocycles. The average molecular weight is 300 g/mol. The van der Waals surface area contributed by atoms with Crippen molar-refractivity contribution in [1.82, 2.24) is 4.90 Å². The van der Waals surface area contributed by atoms with E-state index in [1.54, 1.807) is 7.11 Å². The molecule has 0 radical (unpaired) electrons. The van der Waals surface area contributed by atoms with Crippen molar-refractivity contribution in [2.75, 3.05) is 14.2 Å². The van der Waals surface area contributed by atoms with Gasteiger partial charge in [-0.25, -0.2) is 0 Å². The van der Waals surface area contributed by atoms with E-state index in [4.69, 9.17) is 4.74 Å². The van der Waals surface area contributed by atoms with Crippen molar-refractivity contribution in [2.45, 2.75) is 40.7 Å². The van der Waals surface area contributed by atoms with Crippen LogP contribution < -0.4 is 4.74 Å². The van der Waals surface area contributed by atoms with Gasteiger partial charge in [0.2, 0.25) is 0 Å². The van der Waals surface area contributed by atoms with E-state index in [2.05, 4.69) is 63.0 Å². The van der Waals surface area contributed by atoms with Gasteiger partial charge >= 0.3 is 0 Å². The van der Waals surface area contributed by atoms with E-state index < -0.39 is 0 Å². The molecule has 0 bridgehead atoms. The van der Waals surface area contributed by atoms with Crippen LogP contribution >= 0.6 is 0 Å². The number of hydrogen-bond acceptors (Lipinski definition) is 3. The van der Waals surface area contributed by atoms with E-state index in [9.17, 15) is 0 Å². The Morgan fingerprint density at radius 2 is 2.00 bits per heavy atom. The summed E-state index contributed by atoms with van der Waals surface area (Å²) in [6, 6.07) is 6.47. The Bertz CT molecular complexity index is 585. The average Bonchev–Trinajstić information content (AvgIpc) is 2.51. The zero-order valence-electron chi connectivity index (χ0n) is 14.8. The third-order valence-corrected chi connectivity index (χ3v) is 3.91. The largest absolute Gasteiger partial charge is 0.496 e. The van der Waals surface area contributed by atoms with Gasteiger partial charge in [0.25, 0.3) is 0 Å². The maximum atomic E-state index is 5.30. The zero-order valence-corrected chi connectivity index (χ0v) is 14.8. The molecule has 1 aromatic rings. The molecule has 3 heteroatoms. The standard InChI is InChI=1S/C19H28N2O/c1-8-11-21(6)17(5)16(4)20-13-15(3)18-9-10-19(22-7)14(2)12-18/h8-13,17H,1-7H3/b11-8-,15-13+,20-16?. The second-order valence-corrected chi connectivity index (χ2v) is 5.59. The molecule has 0 aliphatic rings. The second-order valence-electron chi connectivity index (χ2n) is 5.59. The molecule has 1 unspecified atom stereocenters. The van der Waals surface area contributed by atoms with Crippen LogP contribution in [0.5, 0.6) is 5.75 Å². The molecule has 1 atom stereocenters. The van der Waals surface area contributed by atoms with Gasteiger partial charge in [-0.15, -0.1) is 0 Å². The number of nitrogens with zero attached hydrogens (tertiary/aromatic N) is 2. The van der Waals surface area contributed by atoms with Gasteiger partial charge < -0.3 is 9.64 Å². The van der Waals surface area contributed by atoms with Gasteiger partial charge in [-0.2, -0.15) is 0 Å². The summed E-state index contributed by atoms with van der Waals surface area (Å²) in [5.41, 5.74) is 4.54. The van der Waals surface area contributed by atoms with Crippen LogP contribution in [0.2, 0.25) is 0 Å². The minimum Gasteiger partial charge on any atom is -0.496 e. The fourth-order valence-electron chi connectivity index (χ4n) is 2.16. The Hall–Kier alpha value is -2.03. The van der Waals surface area contributed by atoms with Gasteiger partial charge in [-0.05, 0) is 69.7 Å². The lowest BCUT2D eigenvalue weighted by atomic mass is 10.1. The first kappa shape index (κ1) is 18.0. The first-order valence-corrected chi connectivity index (χ1v) is 7.61. The lowest BCUT2D eigenvalue weighted by Gasteiger charge is -2.22. The molecule has 3 nitrogen and oxygen atoms in total. The summed E-state index contributed by atoms with van der Waals surface area (Å²) in [6.07, 6.45) is 6.04. The summed E-state index contributed by atoms with van der Waals surface area (Å²) in [5.74, 6) is 0.915. The summed E-state index contributed by atoms with van der Waals surface area (Å²) in [5, 5.41) is 0. The highest BCUT2D eigenvalue weighted by molar-refractivity contribution is 5.88. The third kappa shape index (κ3) is 4.76. The van der Waals surface area contributed by atoms with Gasteiger partial charge in [-0.1, -0.05) is 12.1 Å². The summed E-state index contributed by atoms with van der Waals surface area (Å²) < 4.78 is 5.30. The van der Waals surface area contributed by atoms with E-state index in [1.165, 1.54) is 5.56 Å². The Balaban J connectivity index is 2.92. The highest BCUT2D eigenvalue weighted by Gasteiger charge is 2.08. The molecule has 0 fully saturated rings. The van der Waals surface area contributed by atoms with Crippen LogP contribution in [-0.4, -0.2) is 30.8 Å². The van der Waals surface area contributed by atoms with Gasteiger partial charge in [0, 0.05) is 19.0 Å². The van der Waals surface area contributed by atoms with Crippen LogP contribution in [0.1, 0.15) is 38.8 Å². The molecular weight excluding hydrogens is 272 g/mol. The Kier molecular flexibility index (Phi) is 6.90. The van der Waals surface area contributed by atoms with Crippen molar-refractivity contribution in [1.29, 1.82) is 0 Å². The van der Waals surface area contributed by atoms with Gasteiger partial charge in [0.1, 0.15) is 5.75 Å².